The number of amides is 4. The molecule has 9 nitrogen and oxygen atoms in total. The monoisotopic (exact) mass is 359 g/mol. The Labute approximate surface area is 145 Å². The topological polar surface area (TPSA) is 138 Å². The summed E-state index contributed by atoms with van der Waals surface area (Å²) in [5, 5.41) is 16.2. The highest BCUT2D eigenvalue weighted by molar-refractivity contribution is 7.13. The first kappa shape index (κ1) is 15.4. The fourth-order valence-electron chi connectivity index (χ4n) is 3.11. The van der Waals surface area contributed by atoms with Gasteiger partial charge < -0.3 is 21.1 Å². The van der Waals surface area contributed by atoms with Crippen LogP contribution >= 0.6 is 11.3 Å². The van der Waals surface area contributed by atoms with Crippen LogP contribution in [0.4, 0.5) is 9.93 Å². The van der Waals surface area contributed by atoms with Gasteiger partial charge in [-0.1, -0.05) is 6.07 Å². The van der Waals surface area contributed by atoms with Gasteiger partial charge in [-0.05, 0) is 17.7 Å². The molecule has 1 fully saturated rings. The van der Waals surface area contributed by atoms with Gasteiger partial charge in [-0.2, -0.15) is 0 Å². The van der Waals surface area contributed by atoms with Gasteiger partial charge in [0.05, 0.1) is 12.2 Å². The molecule has 128 valence electrons. The van der Waals surface area contributed by atoms with Crippen LogP contribution in [0.25, 0.3) is 0 Å². The predicted octanol–water partition coefficient (Wildman–Crippen LogP) is 0.122. The minimum Gasteiger partial charge on any atom is -0.508 e. The molecule has 0 unspecified atom stereocenters. The molecule has 25 heavy (non-hydrogen) atoms. The molecule has 0 radical (unpaired) electrons. The van der Waals surface area contributed by atoms with Gasteiger partial charge in [0, 0.05) is 17.5 Å². The molecule has 0 aliphatic carbocycles. The molecule has 2 aliphatic heterocycles. The van der Waals surface area contributed by atoms with Crippen molar-refractivity contribution in [1.82, 2.24) is 20.5 Å². The molecule has 1 aromatic heterocycles. The number of hydrogen-bond acceptors (Lipinski definition) is 7. The lowest BCUT2D eigenvalue weighted by Crippen LogP contribution is -2.53. The quantitative estimate of drug-likeness (QED) is 0.575. The van der Waals surface area contributed by atoms with Crippen molar-refractivity contribution in [1.29, 1.82) is 0 Å². The molecule has 10 heteroatoms. The summed E-state index contributed by atoms with van der Waals surface area (Å²) in [5.74, 6) is -0.931. The molecule has 1 aromatic carbocycles. The molecule has 4 amide bonds. The van der Waals surface area contributed by atoms with E-state index in [0.29, 0.717) is 5.56 Å². The van der Waals surface area contributed by atoms with E-state index in [1.54, 1.807) is 11.4 Å². The molecule has 1 saturated heterocycles. The highest BCUT2D eigenvalue weighted by Crippen LogP contribution is 2.33. The van der Waals surface area contributed by atoms with E-state index in [4.69, 9.17) is 5.73 Å². The molecule has 1 atom stereocenters. The molecule has 3 heterocycles. The summed E-state index contributed by atoms with van der Waals surface area (Å²) >= 11 is 1.14. The fraction of sp³-hybridized carbons (Fsp3) is 0.200. The maximum Gasteiger partial charge on any atom is 0.322 e. The molecule has 2 aromatic rings. The van der Waals surface area contributed by atoms with E-state index in [0.717, 1.165) is 16.9 Å². The van der Waals surface area contributed by atoms with Crippen LogP contribution < -0.4 is 16.4 Å². The summed E-state index contributed by atoms with van der Waals surface area (Å²) in [6.45, 7) is 0.168. The van der Waals surface area contributed by atoms with Gasteiger partial charge in [0.1, 0.15) is 5.75 Å². The van der Waals surface area contributed by atoms with E-state index in [1.165, 1.54) is 17.0 Å². The summed E-state index contributed by atoms with van der Waals surface area (Å²) in [6.07, 6.45) is 0. The number of urea groups is 1. The van der Waals surface area contributed by atoms with Crippen LogP contribution in [0.1, 0.15) is 21.6 Å². The highest BCUT2D eigenvalue weighted by atomic mass is 32.1. The molecule has 2 aliphatic rings. The lowest BCUT2D eigenvalue weighted by Gasteiger charge is -2.29. The van der Waals surface area contributed by atoms with Crippen molar-refractivity contribution in [2.45, 2.75) is 12.1 Å². The van der Waals surface area contributed by atoms with Crippen molar-refractivity contribution in [3.63, 3.8) is 0 Å². The number of thiazole rings is 1. The van der Waals surface area contributed by atoms with E-state index in [2.05, 4.69) is 15.6 Å². The number of aromatic hydroxyl groups is 1. The van der Waals surface area contributed by atoms with Crippen LogP contribution in [0.15, 0.2) is 23.6 Å². The number of benzene rings is 1. The average molecular weight is 359 g/mol. The summed E-state index contributed by atoms with van der Waals surface area (Å²) in [6, 6.07) is 3.89. The van der Waals surface area contributed by atoms with Gasteiger partial charge in [0.2, 0.25) is 0 Å². The number of nitrogen functional groups attached to an aromatic ring is 1. The first-order chi connectivity index (χ1) is 11.9. The lowest BCUT2D eigenvalue weighted by molar-refractivity contribution is -0.124. The molecular weight excluding hydrogens is 346 g/mol. The van der Waals surface area contributed by atoms with E-state index in [-0.39, 0.29) is 35.6 Å². The predicted molar refractivity (Wildman–Crippen MR) is 87.7 cm³/mol. The van der Waals surface area contributed by atoms with Gasteiger partial charge in [0.15, 0.2) is 10.7 Å². The first-order valence-electron chi connectivity index (χ1n) is 7.35. The number of nitrogens with one attached hydrogen (secondary N) is 2. The van der Waals surface area contributed by atoms with Crippen LogP contribution in [-0.2, 0) is 16.9 Å². The number of rotatable bonds is 3. The number of phenols is 1. The van der Waals surface area contributed by atoms with Gasteiger partial charge in [-0.15, -0.1) is 11.3 Å². The highest BCUT2D eigenvalue weighted by Gasteiger charge is 2.52. The first-order valence-corrected chi connectivity index (χ1v) is 8.23. The Hall–Kier alpha value is -3.14. The summed E-state index contributed by atoms with van der Waals surface area (Å²) in [7, 11) is 0. The fourth-order valence-corrected chi connectivity index (χ4v) is 3.75. The zero-order valence-electron chi connectivity index (χ0n) is 12.8. The maximum atomic E-state index is 12.6. The third kappa shape index (κ3) is 2.30. The number of carbonyl (C=O) groups is 3. The minimum absolute atomic E-state index is 0.0112. The molecule has 0 bridgehead atoms. The molecule has 4 rings (SSSR count). The molecular formula is C15H13N5O4S. The molecule has 0 saturated carbocycles. The SMILES string of the molecule is Nc1nc([C@]2(CN3Cc4ccc(O)cc4C3=O)NC(=O)NC2=O)cs1. The minimum atomic E-state index is -1.50. The smallest absolute Gasteiger partial charge is 0.322 e. The number of carbonyl (C=O) groups excluding carboxylic acids is 3. The Kier molecular flexibility index (Phi) is 3.19. The van der Waals surface area contributed by atoms with Gasteiger partial charge in [-0.25, -0.2) is 9.78 Å². The zero-order chi connectivity index (χ0) is 17.8. The normalized spacial score (nSPS) is 22.1. The number of imide groups is 1. The molecule has 0 spiro atoms. The Balaban J connectivity index is 1.71. The number of phenolic OH excluding ortho intramolecular Hbond substituents is 1. The average Bonchev–Trinajstić information content (AvgIpc) is 3.19. The maximum absolute atomic E-state index is 12.6. The van der Waals surface area contributed by atoms with Gasteiger partial charge in [0.25, 0.3) is 11.8 Å². The van der Waals surface area contributed by atoms with Crippen LogP contribution in [0.3, 0.4) is 0 Å². The third-order valence-corrected chi connectivity index (χ3v) is 4.98. The number of fused-ring (bicyclic) bond motifs is 1. The second-order valence-electron chi connectivity index (χ2n) is 5.89. The number of anilines is 1. The van der Waals surface area contributed by atoms with Crippen molar-refractivity contribution in [3.05, 3.63) is 40.4 Å². The van der Waals surface area contributed by atoms with Crippen LogP contribution in [0.2, 0.25) is 0 Å². The number of nitrogens with two attached hydrogens (primary N) is 1. The van der Waals surface area contributed by atoms with Gasteiger partial charge in [-0.3, -0.25) is 14.9 Å². The second kappa shape index (κ2) is 5.18. The summed E-state index contributed by atoms with van der Waals surface area (Å²) in [5.41, 5.74) is 5.56. The van der Waals surface area contributed by atoms with E-state index in [1.807, 2.05) is 0 Å². The van der Waals surface area contributed by atoms with Crippen LogP contribution in [0.5, 0.6) is 5.75 Å². The zero-order valence-corrected chi connectivity index (χ0v) is 13.6. The van der Waals surface area contributed by atoms with Crippen molar-refractivity contribution in [2.75, 3.05) is 12.3 Å². The van der Waals surface area contributed by atoms with Crippen molar-refractivity contribution < 1.29 is 19.5 Å². The van der Waals surface area contributed by atoms with E-state index < -0.39 is 17.5 Å². The van der Waals surface area contributed by atoms with Crippen molar-refractivity contribution >= 4 is 34.3 Å². The summed E-state index contributed by atoms with van der Waals surface area (Å²) in [4.78, 5) is 42.4. The largest absolute Gasteiger partial charge is 0.508 e. The number of hydrogen-bond donors (Lipinski definition) is 4. The molecule has 5 N–H and O–H groups in total. The Morgan fingerprint density at radius 2 is 2.16 bits per heavy atom. The van der Waals surface area contributed by atoms with Crippen molar-refractivity contribution in [3.8, 4) is 5.75 Å². The summed E-state index contributed by atoms with van der Waals surface area (Å²) < 4.78 is 0. The Morgan fingerprint density at radius 1 is 1.36 bits per heavy atom. The van der Waals surface area contributed by atoms with E-state index in [9.17, 15) is 19.5 Å². The lowest BCUT2D eigenvalue weighted by atomic mass is 9.95. The van der Waals surface area contributed by atoms with Gasteiger partial charge >= 0.3 is 6.03 Å². The van der Waals surface area contributed by atoms with Crippen molar-refractivity contribution in [2.24, 2.45) is 0 Å². The Bertz CT molecular complexity index is 926. The Morgan fingerprint density at radius 3 is 2.80 bits per heavy atom. The van der Waals surface area contributed by atoms with Crippen LogP contribution in [-0.4, -0.2) is 39.4 Å². The third-order valence-electron chi connectivity index (χ3n) is 4.30. The van der Waals surface area contributed by atoms with Crippen LogP contribution in [0, 0.1) is 0 Å². The van der Waals surface area contributed by atoms with E-state index >= 15 is 0 Å². The number of nitrogens with zero attached hydrogens (tertiary/aromatic N) is 2. The standard InChI is InChI=1S/C15H13N5O4S/c16-13-17-10(5-25-13)15(12(23)18-14(24)19-15)6-20-4-7-1-2-8(21)3-9(7)11(20)22/h1-3,5,21H,4,6H2,(H2,16,17)(H2,18,19,23,24)/t15-/m0/s1. The second-order valence-corrected chi connectivity index (χ2v) is 6.78. The number of aromatic nitrogens is 1.